The van der Waals surface area contributed by atoms with Crippen molar-refractivity contribution in [3.05, 3.63) is 10.4 Å². The summed E-state index contributed by atoms with van der Waals surface area (Å²) in [6.45, 7) is 1.74. The third kappa shape index (κ3) is 3.05. The van der Waals surface area contributed by atoms with Crippen LogP contribution in [0.15, 0.2) is 5.11 Å². The van der Waals surface area contributed by atoms with Gasteiger partial charge in [0.05, 0.1) is 12.7 Å². The molecule has 1 rings (SSSR count). The molecule has 0 aliphatic carbocycles. The quantitative estimate of drug-likeness (QED) is 0.252. The van der Waals surface area contributed by atoms with E-state index in [0.717, 1.165) is 0 Å². The Labute approximate surface area is 92.0 Å². The molecule has 1 aliphatic heterocycles. The molecule has 0 amide bonds. The molecule has 92 valence electrons. The fraction of sp³-hybridized carbons (Fsp3) is 1.00. The van der Waals surface area contributed by atoms with Gasteiger partial charge in [0.25, 0.3) is 0 Å². The Bertz CT molecular complexity index is 270. The van der Waals surface area contributed by atoms with Crippen LogP contribution in [0.3, 0.4) is 0 Å². The maximum Gasteiger partial charge on any atom is 0.186 e. The highest BCUT2D eigenvalue weighted by atomic mass is 16.7. The number of nitrogens with zero attached hydrogens (tertiary/aromatic N) is 3. The first-order valence-corrected chi connectivity index (χ1v) is 4.90. The Balaban J connectivity index is 2.44. The van der Waals surface area contributed by atoms with Gasteiger partial charge in [-0.3, -0.25) is 0 Å². The molecule has 0 aromatic carbocycles. The summed E-state index contributed by atoms with van der Waals surface area (Å²) < 4.78 is 10.2. The maximum absolute atomic E-state index is 9.52. The molecule has 0 saturated carbocycles. The zero-order valence-electron chi connectivity index (χ0n) is 8.80. The summed E-state index contributed by atoms with van der Waals surface area (Å²) >= 11 is 0. The molecule has 0 aromatic heterocycles. The van der Waals surface area contributed by atoms with E-state index in [1.54, 1.807) is 6.92 Å². The molecule has 8 nitrogen and oxygen atoms in total. The predicted molar refractivity (Wildman–Crippen MR) is 52.3 cm³/mol. The Kier molecular flexibility index (Phi) is 4.94. The van der Waals surface area contributed by atoms with E-state index in [0.29, 0.717) is 0 Å². The van der Waals surface area contributed by atoms with Crippen molar-refractivity contribution < 1.29 is 24.8 Å². The Morgan fingerprint density at radius 1 is 1.31 bits per heavy atom. The van der Waals surface area contributed by atoms with Gasteiger partial charge in [-0.25, -0.2) is 0 Å². The molecule has 0 aromatic rings. The van der Waals surface area contributed by atoms with Crippen LogP contribution >= 0.6 is 0 Å². The van der Waals surface area contributed by atoms with Crippen LogP contribution in [0, 0.1) is 0 Å². The van der Waals surface area contributed by atoms with Crippen LogP contribution in [0.2, 0.25) is 0 Å². The van der Waals surface area contributed by atoms with Gasteiger partial charge in [0, 0.05) is 11.5 Å². The number of aliphatic hydroxyl groups is 3. The molecular weight excluding hydrogens is 218 g/mol. The lowest BCUT2D eigenvalue weighted by Crippen LogP contribution is -2.57. The van der Waals surface area contributed by atoms with E-state index in [1.165, 1.54) is 0 Å². The first-order valence-electron chi connectivity index (χ1n) is 4.90. The van der Waals surface area contributed by atoms with Crippen molar-refractivity contribution in [3.63, 3.8) is 0 Å². The third-order valence-electron chi connectivity index (χ3n) is 2.35. The minimum atomic E-state index is -1.32. The molecular formula is C8H15N3O5. The van der Waals surface area contributed by atoms with E-state index in [1.807, 2.05) is 0 Å². The highest BCUT2D eigenvalue weighted by Gasteiger charge is 2.42. The van der Waals surface area contributed by atoms with Gasteiger partial charge in [0.1, 0.15) is 18.3 Å². The minimum Gasteiger partial charge on any atom is -0.388 e. The first kappa shape index (κ1) is 13.2. The van der Waals surface area contributed by atoms with Crippen LogP contribution < -0.4 is 0 Å². The van der Waals surface area contributed by atoms with Gasteiger partial charge in [-0.2, -0.15) is 0 Å². The number of hydrogen-bond donors (Lipinski definition) is 3. The third-order valence-corrected chi connectivity index (χ3v) is 2.35. The average Bonchev–Trinajstić information content (AvgIpc) is 2.28. The van der Waals surface area contributed by atoms with Gasteiger partial charge in [0.2, 0.25) is 0 Å². The molecule has 1 heterocycles. The zero-order chi connectivity index (χ0) is 12.1. The highest BCUT2D eigenvalue weighted by Crippen LogP contribution is 2.21. The van der Waals surface area contributed by atoms with Crippen molar-refractivity contribution in [3.8, 4) is 0 Å². The number of azide groups is 1. The summed E-state index contributed by atoms with van der Waals surface area (Å²) in [5, 5.41) is 31.6. The smallest absolute Gasteiger partial charge is 0.186 e. The monoisotopic (exact) mass is 233 g/mol. The SMILES string of the molecule is C[C@H]1OC(OCCN=[N+]=[N-])[C@H](O)[C@@H](O)[C@H]1O. The van der Waals surface area contributed by atoms with Gasteiger partial charge < -0.3 is 24.8 Å². The van der Waals surface area contributed by atoms with Gasteiger partial charge >= 0.3 is 0 Å². The molecule has 8 heteroatoms. The van der Waals surface area contributed by atoms with Crippen molar-refractivity contribution in [2.24, 2.45) is 5.11 Å². The maximum atomic E-state index is 9.52. The van der Waals surface area contributed by atoms with Crippen molar-refractivity contribution in [2.75, 3.05) is 13.2 Å². The number of aliphatic hydroxyl groups excluding tert-OH is 3. The highest BCUT2D eigenvalue weighted by molar-refractivity contribution is 4.87. The summed E-state index contributed by atoms with van der Waals surface area (Å²) in [5.74, 6) is 0. The normalized spacial score (nSPS) is 39.1. The number of rotatable bonds is 4. The minimum absolute atomic E-state index is 0.0708. The van der Waals surface area contributed by atoms with Crippen molar-refractivity contribution in [2.45, 2.75) is 37.6 Å². The summed E-state index contributed by atoms with van der Waals surface area (Å²) in [4.78, 5) is 2.53. The van der Waals surface area contributed by atoms with Crippen LogP contribution in [0.1, 0.15) is 6.92 Å². The second-order valence-corrected chi connectivity index (χ2v) is 3.51. The van der Waals surface area contributed by atoms with Crippen LogP contribution in [-0.4, -0.2) is 59.2 Å². The first-order chi connectivity index (χ1) is 7.57. The number of hydrogen-bond acceptors (Lipinski definition) is 6. The lowest BCUT2D eigenvalue weighted by molar-refractivity contribution is -0.292. The van der Waals surface area contributed by atoms with E-state index in [-0.39, 0.29) is 13.2 Å². The molecule has 0 bridgehead atoms. The summed E-state index contributed by atoms with van der Waals surface area (Å²) in [7, 11) is 0. The number of ether oxygens (including phenoxy) is 2. The van der Waals surface area contributed by atoms with Crippen LogP contribution in [0.25, 0.3) is 10.4 Å². The predicted octanol–water partition coefficient (Wildman–Crippen LogP) is -0.859. The lowest BCUT2D eigenvalue weighted by Gasteiger charge is -2.38. The molecule has 0 spiro atoms. The zero-order valence-corrected chi connectivity index (χ0v) is 8.80. The fourth-order valence-electron chi connectivity index (χ4n) is 1.41. The van der Waals surface area contributed by atoms with Crippen LogP contribution in [-0.2, 0) is 9.47 Å². The average molecular weight is 233 g/mol. The van der Waals surface area contributed by atoms with E-state index < -0.39 is 30.7 Å². The molecule has 1 fully saturated rings. The molecule has 1 saturated heterocycles. The lowest BCUT2D eigenvalue weighted by atomic mass is 10.0. The van der Waals surface area contributed by atoms with Crippen LogP contribution in [0.5, 0.6) is 0 Å². The van der Waals surface area contributed by atoms with E-state index in [4.69, 9.17) is 15.0 Å². The van der Waals surface area contributed by atoms with Crippen LogP contribution in [0.4, 0.5) is 0 Å². The summed E-state index contributed by atoms with van der Waals surface area (Å²) in [6, 6.07) is 0. The van der Waals surface area contributed by atoms with Crippen molar-refractivity contribution in [1.82, 2.24) is 0 Å². The van der Waals surface area contributed by atoms with Crippen molar-refractivity contribution >= 4 is 0 Å². The summed E-state index contributed by atoms with van der Waals surface area (Å²) in [5.41, 5.74) is 8.02. The van der Waals surface area contributed by atoms with Gasteiger partial charge in [0.15, 0.2) is 6.29 Å². The molecule has 1 unspecified atom stereocenters. The largest absolute Gasteiger partial charge is 0.388 e. The Morgan fingerprint density at radius 3 is 2.62 bits per heavy atom. The van der Waals surface area contributed by atoms with E-state index >= 15 is 0 Å². The van der Waals surface area contributed by atoms with E-state index in [2.05, 4.69) is 10.0 Å². The second kappa shape index (κ2) is 6.00. The fourth-order valence-corrected chi connectivity index (χ4v) is 1.41. The van der Waals surface area contributed by atoms with Gasteiger partial charge in [-0.1, -0.05) is 5.11 Å². The van der Waals surface area contributed by atoms with Crippen molar-refractivity contribution in [1.29, 1.82) is 0 Å². The van der Waals surface area contributed by atoms with E-state index in [9.17, 15) is 15.3 Å². The van der Waals surface area contributed by atoms with Gasteiger partial charge in [-0.05, 0) is 12.5 Å². The van der Waals surface area contributed by atoms with Gasteiger partial charge in [-0.15, -0.1) is 0 Å². The molecule has 16 heavy (non-hydrogen) atoms. The molecule has 0 radical (unpaired) electrons. The standard InChI is InChI=1S/C8H15N3O5/c1-4-5(12)6(13)7(14)8(16-4)15-3-2-10-11-9/h4-8,12-14H,2-3H2,1H3/t4-,5+,6+,7-,8?/m1/s1. The second-order valence-electron chi connectivity index (χ2n) is 3.51. The summed E-state index contributed by atoms with van der Waals surface area (Å²) in [6.07, 6.45) is -5.44. The molecule has 3 N–H and O–H groups in total. The molecule has 5 atom stereocenters. The Hall–Kier alpha value is -0.890. The molecule has 1 aliphatic rings. The Morgan fingerprint density at radius 2 is 2.00 bits per heavy atom. The topological polar surface area (TPSA) is 128 Å².